The van der Waals surface area contributed by atoms with Gasteiger partial charge in [-0.05, 0) is 33.0 Å². The first-order valence-electron chi connectivity index (χ1n) is 8.59. The van der Waals surface area contributed by atoms with Crippen LogP contribution in [0.2, 0.25) is 0 Å². The number of carbonyl (C=O) groups excluding carboxylic acids is 1. The van der Waals surface area contributed by atoms with E-state index in [1.165, 1.54) is 6.33 Å². The molecule has 1 N–H and O–H groups in total. The topological polar surface area (TPSA) is 79.2 Å². The Kier molecular flexibility index (Phi) is 5.28. The monoisotopic (exact) mass is 343 g/mol. The summed E-state index contributed by atoms with van der Waals surface area (Å²) < 4.78 is 1.74. The van der Waals surface area contributed by atoms with Crippen molar-refractivity contribution in [2.45, 2.75) is 25.9 Å². The molecule has 1 fully saturated rings. The first kappa shape index (κ1) is 17.3. The summed E-state index contributed by atoms with van der Waals surface area (Å²) in [6.07, 6.45) is 4.86. The number of nitrogens with one attached hydrogen (secondary N) is 1. The maximum atomic E-state index is 12.6. The van der Waals surface area contributed by atoms with E-state index in [-0.39, 0.29) is 18.0 Å². The summed E-state index contributed by atoms with van der Waals surface area (Å²) in [5.74, 6) is 0.759. The Morgan fingerprint density at radius 1 is 1.24 bits per heavy atom. The minimum atomic E-state index is -0.0998. The van der Waals surface area contributed by atoms with Crippen LogP contribution in [0.4, 0.5) is 5.82 Å². The standard InChI is InChI=1S/C17H25N7O/c1-13(14(2)24-12-18-11-20-24)21-17(25)15-4-5-19-16(10-15)23-8-6-22(3)7-9-23/h4-5,10-14H,6-9H2,1-3H3,(H,21,25)/t13-,14+/m1/s1. The molecule has 3 rings (SSSR count). The molecule has 2 atom stereocenters. The Labute approximate surface area is 147 Å². The number of rotatable bonds is 5. The third kappa shape index (κ3) is 4.14. The van der Waals surface area contributed by atoms with Gasteiger partial charge in [0, 0.05) is 44.0 Å². The van der Waals surface area contributed by atoms with Gasteiger partial charge in [0.15, 0.2) is 0 Å². The molecule has 2 aromatic heterocycles. The fourth-order valence-corrected chi connectivity index (χ4v) is 2.84. The molecule has 0 aliphatic carbocycles. The zero-order valence-electron chi connectivity index (χ0n) is 15.0. The minimum Gasteiger partial charge on any atom is -0.354 e. The highest BCUT2D eigenvalue weighted by atomic mass is 16.1. The number of nitrogens with zero attached hydrogens (tertiary/aromatic N) is 6. The molecule has 0 radical (unpaired) electrons. The molecule has 0 unspecified atom stereocenters. The van der Waals surface area contributed by atoms with E-state index in [1.54, 1.807) is 23.3 Å². The molecule has 1 aliphatic rings. The van der Waals surface area contributed by atoms with Gasteiger partial charge in [-0.25, -0.2) is 14.6 Å². The summed E-state index contributed by atoms with van der Waals surface area (Å²) in [4.78, 5) is 25.5. The van der Waals surface area contributed by atoms with E-state index in [1.807, 2.05) is 19.9 Å². The molecule has 0 spiro atoms. The van der Waals surface area contributed by atoms with Gasteiger partial charge in [0.1, 0.15) is 18.5 Å². The summed E-state index contributed by atoms with van der Waals surface area (Å²) >= 11 is 0. The molecule has 0 aromatic carbocycles. The summed E-state index contributed by atoms with van der Waals surface area (Å²) in [7, 11) is 2.12. The van der Waals surface area contributed by atoms with E-state index in [0.717, 1.165) is 32.0 Å². The average molecular weight is 343 g/mol. The third-order valence-corrected chi connectivity index (χ3v) is 4.77. The average Bonchev–Trinajstić information content (AvgIpc) is 3.16. The van der Waals surface area contributed by atoms with Crippen molar-refractivity contribution in [3.05, 3.63) is 36.5 Å². The Bertz CT molecular complexity index is 695. The molecular weight excluding hydrogens is 318 g/mol. The van der Waals surface area contributed by atoms with Crippen molar-refractivity contribution in [2.24, 2.45) is 0 Å². The lowest BCUT2D eigenvalue weighted by Crippen LogP contribution is -2.45. The van der Waals surface area contributed by atoms with Gasteiger partial charge in [0.25, 0.3) is 5.91 Å². The molecule has 2 aromatic rings. The van der Waals surface area contributed by atoms with Gasteiger partial charge in [-0.15, -0.1) is 0 Å². The molecule has 134 valence electrons. The number of hydrogen-bond donors (Lipinski definition) is 1. The highest BCUT2D eigenvalue weighted by Crippen LogP contribution is 2.16. The second kappa shape index (κ2) is 7.60. The van der Waals surface area contributed by atoms with Crippen molar-refractivity contribution >= 4 is 11.7 Å². The number of anilines is 1. The van der Waals surface area contributed by atoms with Gasteiger partial charge in [-0.2, -0.15) is 5.10 Å². The lowest BCUT2D eigenvalue weighted by atomic mass is 10.1. The van der Waals surface area contributed by atoms with Crippen LogP contribution in [0.15, 0.2) is 31.0 Å². The zero-order chi connectivity index (χ0) is 17.8. The van der Waals surface area contributed by atoms with Crippen LogP contribution >= 0.6 is 0 Å². The maximum Gasteiger partial charge on any atom is 0.251 e. The number of carbonyl (C=O) groups is 1. The molecule has 0 saturated carbocycles. The highest BCUT2D eigenvalue weighted by molar-refractivity contribution is 5.95. The van der Waals surface area contributed by atoms with Gasteiger partial charge in [-0.3, -0.25) is 4.79 Å². The Balaban J connectivity index is 1.65. The van der Waals surface area contributed by atoms with Crippen LogP contribution in [0.1, 0.15) is 30.2 Å². The van der Waals surface area contributed by atoms with Crippen molar-refractivity contribution < 1.29 is 4.79 Å². The second-order valence-corrected chi connectivity index (χ2v) is 6.57. The van der Waals surface area contributed by atoms with Gasteiger partial charge in [-0.1, -0.05) is 0 Å². The van der Waals surface area contributed by atoms with Crippen molar-refractivity contribution in [3.63, 3.8) is 0 Å². The Hall–Kier alpha value is -2.48. The van der Waals surface area contributed by atoms with Crippen molar-refractivity contribution in [3.8, 4) is 0 Å². The van der Waals surface area contributed by atoms with E-state index in [4.69, 9.17) is 0 Å². The van der Waals surface area contributed by atoms with Crippen LogP contribution in [-0.4, -0.2) is 69.8 Å². The molecule has 1 amide bonds. The number of pyridine rings is 1. The molecule has 0 bridgehead atoms. The van der Waals surface area contributed by atoms with Gasteiger partial charge >= 0.3 is 0 Å². The summed E-state index contributed by atoms with van der Waals surface area (Å²) in [5.41, 5.74) is 0.626. The van der Waals surface area contributed by atoms with E-state index in [0.29, 0.717) is 5.56 Å². The summed E-state index contributed by atoms with van der Waals surface area (Å²) in [5, 5.41) is 7.17. The lowest BCUT2D eigenvalue weighted by Gasteiger charge is -2.33. The summed E-state index contributed by atoms with van der Waals surface area (Å²) in [6, 6.07) is 3.56. The Morgan fingerprint density at radius 3 is 2.68 bits per heavy atom. The summed E-state index contributed by atoms with van der Waals surface area (Å²) in [6.45, 7) is 7.83. The second-order valence-electron chi connectivity index (χ2n) is 6.57. The molecule has 1 saturated heterocycles. The van der Waals surface area contributed by atoms with Gasteiger partial charge < -0.3 is 15.1 Å². The SMILES string of the molecule is C[C@@H](NC(=O)c1ccnc(N2CCN(C)CC2)c1)[C@H](C)n1cncn1. The lowest BCUT2D eigenvalue weighted by molar-refractivity contribution is 0.0928. The molecule has 8 heteroatoms. The van der Waals surface area contributed by atoms with E-state index < -0.39 is 0 Å². The van der Waals surface area contributed by atoms with Crippen LogP contribution < -0.4 is 10.2 Å². The number of amides is 1. The smallest absolute Gasteiger partial charge is 0.251 e. The Morgan fingerprint density at radius 2 is 2.00 bits per heavy atom. The van der Waals surface area contributed by atoms with Crippen LogP contribution in [0.3, 0.4) is 0 Å². The van der Waals surface area contributed by atoms with Crippen molar-refractivity contribution in [1.82, 2.24) is 30.0 Å². The first-order valence-corrected chi connectivity index (χ1v) is 8.59. The van der Waals surface area contributed by atoms with E-state index >= 15 is 0 Å². The number of hydrogen-bond acceptors (Lipinski definition) is 6. The predicted molar refractivity (Wildman–Crippen MR) is 95.6 cm³/mol. The fourth-order valence-electron chi connectivity index (χ4n) is 2.84. The molecule has 25 heavy (non-hydrogen) atoms. The fraction of sp³-hybridized carbons (Fsp3) is 0.529. The molecular formula is C17H25N7O. The highest BCUT2D eigenvalue weighted by Gasteiger charge is 2.20. The minimum absolute atomic E-state index is 0.0189. The zero-order valence-corrected chi connectivity index (χ0v) is 15.0. The number of piperazine rings is 1. The maximum absolute atomic E-state index is 12.6. The molecule has 1 aliphatic heterocycles. The van der Waals surface area contributed by atoms with Gasteiger partial charge in [0.05, 0.1) is 6.04 Å². The van der Waals surface area contributed by atoms with Crippen LogP contribution in [-0.2, 0) is 0 Å². The third-order valence-electron chi connectivity index (χ3n) is 4.77. The molecule has 3 heterocycles. The predicted octanol–water partition coefficient (Wildman–Crippen LogP) is 0.804. The van der Waals surface area contributed by atoms with E-state index in [2.05, 4.69) is 37.2 Å². The quantitative estimate of drug-likeness (QED) is 0.865. The largest absolute Gasteiger partial charge is 0.354 e. The van der Waals surface area contributed by atoms with Crippen LogP contribution in [0, 0.1) is 0 Å². The van der Waals surface area contributed by atoms with Crippen molar-refractivity contribution in [1.29, 1.82) is 0 Å². The normalized spacial score (nSPS) is 18.0. The van der Waals surface area contributed by atoms with Crippen molar-refractivity contribution in [2.75, 3.05) is 38.1 Å². The first-order chi connectivity index (χ1) is 12.0. The van der Waals surface area contributed by atoms with Crippen LogP contribution in [0.25, 0.3) is 0 Å². The number of aromatic nitrogens is 4. The van der Waals surface area contributed by atoms with Gasteiger partial charge in [0.2, 0.25) is 0 Å². The van der Waals surface area contributed by atoms with Crippen LogP contribution in [0.5, 0.6) is 0 Å². The van der Waals surface area contributed by atoms with E-state index in [9.17, 15) is 4.79 Å². The number of likely N-dealkylation sites (N-methyl/N-ethyl adjacent to an activating group) is 1. The molecule has 8 nitrogen and oxygen atoms in total.